The Morgan fingerprint density at radius 3 is 2.55 bits per heavy atom. The van der Waals surface area contributed by atoms with Crippen LogP contribution >= 0.6 is 0 Å². The van der Waals surface area contributed by atoms with E-state index < -0.39 is 71.7 Å². The van der Waals surface area contributed by atoms with Crippen LogP contribution < -0.4 is 0 Å². The minimum absolute atomic E-state index is 0.0140. The van der Waals surface area contributed by atoms with Crippen LogP contribution in [0.25, 0.3) is 0 Å². The summed E-state index contributed by atoms with van der Waals surface area (Å²) < 4.78 is 51.2. The lowest BCUT2D eigenvalue weighted by atomic mass is 9.79. The molecule has 0 aromatic rings. The number of esters is 1. The Hall–Kier alpha value is -2.31. The standard InChI is InChI=1S/C52H80O14/c1-32(13-9-8-11-25-53)31-59-48(57)49(7,58)30-39-16-17-43(55)52(63-39)29-33(2)27-42(64-52)34(3)14-15-38-19-23-51(62-38)24-20-41-47(66-51)44(56)37(6)46(61-41)40(54)28-36(5)45-35(4)18-22-50(65-45)21-10-12-26-60-50/h8-9,13-15,29,34-36,38-47,53-56,58H,6,10-12,16-28,30-31H2,1-5,7H3/b9-8+,15-14+,32-13+/t34-,35-,36+,38?,39+,40+,41-,42+,43-,44-,45?,46+,47-,49-,50+,51-,52-/m1/s1. The third-order valence-electron chi connectivity index (χ3n) is 15.2. The first kappa shape index (κ1) is 51.5. The number of aliphatic hydroxyl groups is 5. The molecule has 372 valence electrons. The number of ether oxygens (including phenoxy) is 8. The molecule has 0 aromatic heterocycles. The first-order valence-electron chi connectivity index (χ1n) is 25.0. The molecule has 5 N–H and O–H groups in total. The summed E-state index contributed by atoms with van der Waals surface area (Å²) in [5.74, 6) is -3.30. The van der Waals surface area contributed by atoms with E-state index in [4.69, 9.17) is 43.0 Å². The molecule has 2 unspecified atom stereocenters. The van der Waals surface area contributed by atoms with E-state index in [1.165, 1.54) is 6.92 Å². The summed E-state index contributed by atoms with van der Waals surface area (Å²) in [5.41, 5.74) is 0.374. The highest BCUT2D eigenvalue weighted by Crippen LogP contribution is 2.47. The van der Waals surface area contributed by atoms with Gasteiger partial charge in [-0.2, -0.15) is 0 Å². The summed E-state index contributed by atoms with van der Waals surface area (Å²) in [4.78, 5) is 13.0. The van der Waals surface area contributed by atoms with Crippen LogP contribution in [0.5, 0.6) is 0 Å². The largest absolute Gasteiger partial charge is 0.459 e. The number of rotatable bonds is 15. The Kier molecular flexibility index (Phi) is 17.0. The quantitative estimate of drug-likeness (QED) is 0.0674. The summed E-state index contributed by atoms with van der Waals surface area (Å²) in [7, 11) is 0. The number of hydrogen-bond donors (Lipinski definition) is 5. The zero-order chi connectivity index (χ0) is 47.4. The van der Waals surface area contributed by atoms with Crippen LogP contribution in [-0.2, 0) is 42.7 Å². The van der Waals surface area contributed by atoms with Gasteiger partial charge in [0.25, 0.3) is 0 Å². The number of carbonyl (C=O) groups excluding carboxylic acids is 1. The predicted molar refractivity (Wildman–Crippen MR) is 246 cm³/mol. The van der Waals surface area contributed by atoms with Crippen molar-refractivity contribution in [3.63, 3.8) is 0 Å². The fourth-order valence-electron chi connectivity index (χ4n) is 11.3. The Morgan fingerprint density at radius 1 is 1.02 bits per heavy atom. The highest BCUT2D eigenvalue weighted by molar-refractivity contribution is 5.78. The highest BCUT2D eigenvalue weighted by atomic mass is 16.7. The first-order valence-corrected chi connectivity index (χ1v) is 25.0. The molecule has 0 aromatic carbocycles. The molecule has 66 heavy (non-hydrogen) atoms. The molecule has 0 amide bonds. The van der Waals surface area contributed by atoms with E-state index in [9.17, 15) is 25.2 Å². The molecule has 14 heteroatoms. The zero-order valence-corrected chi connectivity index (χ0v) is 40.3. The molecule has 0 aliphatic carbocycles. The number of aliphatic hydroxyl groups excluding tert-OH is 4. The van der Waals surface area contributed by atoms with Gasteiger partial charge in [-0.25, -0.2) is 4.79 Å². The SMILES string of the molecule is C=C1[C@@H](O)[C@@H]2O[C@]3(CCC(/C=C/[C@@H](C)[C@@H]4CC(C)=C[C@@]5(O[C@H](C[C@@](C)(O)C(=O)OC/C(C)=C/C=C/CCO)CC[C@H]5O)O4)O3)CC[C@H]2O[C@@H]1[C@@H](O)C[C@H](C)C1O[C@@]2(CCCCO2)CC[C@H]1C. The summed E-state index contributed by atoms with van der Waals surface area (Å²) in [6, 6.07) is 0. The van der Waals surface area contributed by atoms with Crippen LogP contribution in [0.1, 0.15) is 138 Å². The van der Waals surface area contributed by atoms with E-state index in [-0.39, 0.29) is 49.8 Å². The minimum atomic E-state index is -1.83. The van der Waals surface area contributed by atoms with Crippen molar-refractivity contribution < 1.29 is 68.2 Å². The molecular formula is C52H80O14. The van der Waals surface area contributed by atoms with Crippen molar-refractivity contribution in [2.24, 2.45) is 17.8 Å². The fourth-order valence-corrected chi connectivity index (χ4v) is 11.3. The first-order chi connectivity index (χ1) is 31.4. The van der Waals surface area contributed by atoms with Crippen LogP contribution in [0.3, 0.4) is 0 Å². The van der Waals surface area contributed by atoms with Crippen molar-refractivity contribution in [2.75, 3.05) is 19.8 Å². The monoisotopic (exact) mass is 929 g/mol. The second-order valence-electron chi connectivity index (χ2n) is 21.1. The number of hydrogen-bond acceptors (Lipinski definition) is 14. The molecule has 7 heterocycles. The third-order valence-corrected chi connectivity index (χ3v) is 15.2. The van der Waals surface area contributed by atoms with E-state index in [0.29, 0.717) is 62.9 Å². The molecular weight excluding hydrogens is 849 g/mol. The van der Waals surface area contributed by atoms with E-state index in [1.54, 1.807) is 12.2 Å². The Morgan fingerprint density at radius 2 is 1.79 bits per heavy atom. The van der Waals surface area contributed by atoms with Gasteiger partial charge in [-0.15, -0.1) is 0 Å². The molecule has 0 saturated carbocycles. The molecule has 0 bridgehead atoms. The normalized spacial score (nSPS) is 41.2. The fraction of sp³-hybridized carbons (Fsp3) is 0.788. The van der Waals surface area contributed by atoms with Gasteiger partial charge in [-0.3, -0.25) is 0 Å². The topological polar surface area (TPSA) is 192 Å². The van der Waals surface area contributed by atoms with E-state index in [1.807, 2.05) is 32.1 Å². The lowest BCUT2D eigenvalue weighted by Gasteiger charge is -2.50. The van der Waals surface area contributed by atoms with Gasteiger partial charge in [-0.05, 0) is 114 Å². The van der Waals surface area contributed by atoms with E-state index >= 15 is 0 Å². The van der Waals surface area contributed by atoms with Crippen molar-refractivity contribution in [1.82, 2.24) is 0 Å². The summed E-state index contributed by atoms with van der Waals surface area (Å²) in [6.07, 6.45) is 15.4. The van der Waals surface area contributed by atoms with E-state index in [0.717, 1.165) is 56.3 Å². The Balaban J connectivity index is 0.897. The Bertz CT molecular complexity index is 1780. The average Bonchev–Trinajstić information content (AvgIpc) is 3.68. The Labute approximate surface area is 392 Å². The number of allylic oxidation sites excluding steroid dienone is 2. The zero-order valence-electron chi connectivity index (χ0n) is 40.3. The van der Waals surface area contributed by atoms with Crippen LogP contribution in [0.15, 0.2) is 59.8 Å². The second-order valence-corrected chi connectivity index (χ2v) is 21.1. The smallest absolute Gasteiger partial charge is 0.338 e. The van der Waals surface area contributed by atoms with Crippen LogP contribution in [-0.4, -0.2) is 135 Å². The number of carbonyl (C=O) groups is 1. The molecule has 7 aliphatic heterocycles. The molecule has 7 rings (SSSR count). The van der Waals surface area contributed by atoms with Crippen molar-refractivity contribution >= 4 is 5.97 Å². The van der Waals surface area contributed by atoms with Crippen molar-refractivity contribution in [2.45, 2.75) is 222 Å². The minimum Gasteiger partial charge on any atom is -0.459 e. The van der Waals surface area contributed by atoms with Crippen LogP contribution in [0.4, 0.5) is 0 Å². The van der Waals surface area contributed by atoms with Gasteiger partial charge >= 0.3 is 5.97 Å². The van der Waals surface area contributed by atoms with Crippen LogP contribution in [0.2, 0.25) is 0 Å². The molecule has 7 aliphatic rings. The lowest BCUT2D eigenvalue weighted by Crippen LogP contribution is -2.60. The summed E-state index contributed by atoms with van der Waals surface area (Å²) >= 11 is 0. The third kappa shape index (κ3) is 12.0. The van der Waals surface area contributed by atoms with Crippen molar-refractivity contribution in [1.29, 1.82) is 0 Å². The molecule has 6 fully saturated rings. The van der Waals surface area contributed by atoms with Crippen molar-refractivity contribution in [3.05, 3.63) is 59.8 Å². The van der Waals surface area contributed by atoms with Gasteiger partial charge in [0, 0.05) is 44.6 Å². The van der Waals surface area contributed by atoms with Gasteiger partial charge in [0.05, 0.1) is 43.2 Å². The molecule has 0 radical (unpaired) electrons. The number of fused-ring (bicyclic) bond motifs is 1. The summed E-state index contributed by atoms with van der Waals surface area (Å²) in [6.45, 7) is 16.6. The second kappa shape index (κ2) is 21.8. The molecule has 6 saturated heterocycles. The predicted octanol–water partition coefficient (Wildman–Crippen LogP) is 6.56. The van der Waals surface area contributed by atoms with Gasteiger partial charge in [0.15, 0.2) is 17.2 Å². The molecule has 3 spiro atoms. The van der Waals surface area contributed by atoms with Crippen molar-refractivity contribution in [3.8, 4) is 0 Å². The highest BCUT2D eigenvalue weighted by Gasteiger charge is 2.55. The maximum atomic E-state index is 13.0. The van der Waals surface area contributed by atoms with Gasteiger partial charge in [-0.1, -0.05) is 63.3 Å². The maximum Gasteiger partial charge on any atom is 0.338 e. The van der Waals surface area contributed by atoms with Gasteiger partial charge < -0.3 is 63.4 Å². The molecule has 17 atom stereocenters. The van der Waals surface area contributed by atoms with Gasteiger partial charge in [0.1, 0.15) is 31.0 Å². The average molecular weight is 929 g/mol. The summed E-state index contributed by atoms with van der Waals surface area (Å²) in [5, 5.41) is 54.7. The van der Waals surface area contributed by atoms with E-state index in [2.05, 4.69) is 33.4 Å². The maximum absolute atomic E-state index is 13.0. The van der Waals surface area contributed by atoms with Crippen LogP contribution in [0, 0.1) is 17.8 Å². The van der Waals surface area contributed by atoms with Gasteiger partial charge in [0.2, 0.25) is 5.79 Å². The molecule has 14 nitrogen and oxygen atoms in total. The lowest BCUT2D eigenvalue weighted by molar-refractivity contribution is -0.321.